The molecule has 3 amide bonds. The first-order valence-corrected chi connectivity index (χ1v) is 8.64. The molecule has 0 radical (unpaired) electrons. The fraction of sp³-hybridized carbons (Fsp3) is 0.150. The van der Waals surface area contributed by atoms with E-state index in [1.54, 1.807) is 24.3 Å². The Morgan fingerprint density at radius 2 is 1.64 bits per heavy atom. The number of hydrogen-bond donors (Lipinski definition) is 1. The third kappa shape index (κ3) is 3.39. The number of aromatic nitrogens is 2. The maximum absolute atomic E-state index is 12.3. The molecule has 4 rings (SSSR count). The number of nitrogens with zero attached hydrogens (tertiary/aromatic N) is 3. The minimum Gasteiger partial charge on any atom is -0.407 e. The van der Waals surface area contributed by atoms with Gasteiger partial charge in [0.15, 0.2) is 0 Å². The van der Waals surface area contributed by atoms with Crippen molar-refractivity contribution in [3.05, 3.63) is 76.7 Å². The number of carbonyl (C=O) groups is 3. The molecule has 0 aliphatic carbocycles. The quantitative estimate of drug-likeness (QED) is 0.685. The summed E-state index contributed by atoms with van der Waals surface area (Å²) < 4.78 is 5.43. The Labute approximate surface area is 160 Å². The summed E-state index contributed by atoms with van der Waals surface area (Å²) in [7, 11) is 0. The van der Waals surface area contributed by atoms with Crippen molar-refractivity contribution < 1.29 is 18.8 Å². The highest BCUT2D eigenvalue weighted by atomic mass is 16.4. The predicted molar refractivity (Wildman–Crippen MR) is 98.7 cm³/mol. The summed E-state index contributed by atoms with van der Waals surface area (Å²) >= 11 is 0. The number of aryl methyl sites for hydroxylation is 1. The second-order valence-corrected chi connectivity index (χ2v) is 6.45. The van der Waals surface area contributed by atoms with Gasteiger partial charge in [-0.15, -0.1) is 5.10 Å². The lowest BCUT2D eigenvalue weighted by atomic mass is 10.1. The van der Waals surface area contributed by atoms with Gasteiger partial charge in [-0.25, -0.2) is 0 Å². The van der Waals surface area contributed by atoms with Crippen LogP contribution in [-0.4, -0.2) is 39.4 Å². The van der Waals surface area contributed by atoms with Gasteiger partial charge in [-0.05, 0) is 24.6 Å². The first-order valence-electron chi connectivity index (χ1n) is 8.64. The Balaban J connectivity index is 1.38. The van der Waals surface area contributed by atoms with E-state index in [0.717, 1.165) is 16.0 Å². The van der Waals surface area contributed by atoms with Crippen molar-refractivity contribution in [1.82, 2.24) is 15.1 Å². The topological polar surface area (TPSA) is 105 Å². The number of nitrogens with one attached hydrogen (secondary N) is 1. The van der Waals surface area contributed by atoms with Crippen LogP contribution >= 0.6 is 0 Å². The van der Waals surface area contributed by atoms with Gasteiger partial charge in [0.1, 0.15) is 6.54 Å². The number of imide groups is 1. The molecule has 0 atom stereocenters. The van der Waals surface area contributed by atoms with Crippen LogP contribution in [-0.2, 0) is 11.2 Å². The Morgan fingerprint density at radius 3 is 2.29 bits per heavy atom. The third-order valence-corrected chi connectivity index (χ3v) is 4.37. The molecular formula is C20H16N4O4. The number of hydrogen-bond acceptors (Lipinski definition) is 6. The standard InChI is InChI=1S/C20H16N4O4/c1-12-6-8-13(9-7-12)10-17-22-23-20(28-17)21-16(25)11-24-18(26)14-4-2-3-5-15(14)19(24)27/h2-9H,10-11H2,1H3,(H,21,23,25). The number of amides is 3. The molecule has 2 aromatic carbocycles. The summed E-state index contributed by atoms with van der Waals surface area (Å²) in [6, 6.07) is 14.3. The molecule has 3 aromatic rings. The molecule has 0 saturated heterocycles. The molecule has 1 aliphatic heterocycles. The van der Waals surface area contributed by atoms with E-state index in [1.165, 1.54) is 0 Å². The van der Waals surface area contributed by atoms with Crippen molar-refractivity contribution >= 4 is 23.7 Å². The molecule has 0 fully saturated rings. The Kier molecular flexibility index (Phi) is 4.44. The van der Waals surface area contributed by atoms with E-state index in [0.29, 0.717) is 23.4 Å². The van der Waals surface area contributed by atoms with Crippen molar-refractivity contribution in [2.75, 3.05) is 11.9 Å². The van der Waals surface area contributed by atoms with Crippen molar-refractivity contribution in [2.24, 2.45) is 0 Å². The van der Waals surface area contributed by atoms with Crippen LogP contribution in [0, 0.1) is 6.92 Å². The van der Waals surface area contributed by atoms with Crippen LogP contribution in [0.3, 0.4) is 0 Å². The largest absolute Gasteiger partial charge is 0.407 e. The van der Waals surface area contributed by atoms with E-state index in [9.17, 15) is 14.4 Å². The van der Waals surface area contributed by atoms with Crippen molar-refractivity contribution in [2.45, 2.75) is 13.3 Å². The zero-order valence-electron chi connectivity index (χ0n) is 15.0. The molecule has 1 aliphatic rings. The minimum atomic E-state index is -0.597. The van der Waals surface area contributed by atoms with Crippen molar-refractivity contribution in [3.63, 3.8) is 0 Å². The van der Waals surface area contributed by atoms with Gasteiger partial charge in [-0.1, -0.05) is 47.1 Å². The van der Waals surface area contributed by atoms with Gasteiger partial charge in [0.2, 0.25) is 11.8 Å². The average Bonchev–Trinajstić information content (AvgIpc) is 3.22. The highest BCUT2D eigenvalue weighted by molar-refractivity contribution is 6.22. The van der Waals surface area contributed by atoms with Gasteiger partial charge in [-0.2, -0.15) is 0 Å². The molecule has 0 unspecified atom stereocenters. The summed E-state index contributed by atoms with van der Waals surface area (Å²) in [6.07, 6.45) is 0.432. The van der Waals surface area contributed by atoms with Gasteiger partial charge in [0, 0.05) is 0 Å². The van der Waals surface area contributed by atoms with E-state index in [1.807, 2.05) is 31.2 Å². The van der Waals surface area contributed by atoms with E-state index >= 15 is 0 Å². The van der Waals surface area contributed by atoms with Crippen LogP contribution in [0.4, 0.5) is 6.01 Å². The SMILES string of the molecule is Cc1ccc(Cc2nnc(NC(=O)CN3C(=O)c4ccccc4C3=O)o2)cc1. The Hall–Kier alpha value is -3.81. The van der Waals surface area contributed by atoms with Crippen LogP contribution in [0.25, 0.3) is 0 Å². The number of anilines is 1. The number of benzene rings is 2. The zero-order chi connectivity index (χ0) is 19.7. The highest BCUT2D eigenvalue weighted by Crippen LogP contribution is 2.22. The molecule has 1 N–H and O–H groups in total. The van der Waals surface area contributed by atoms with Gasteiger partial charge >= 0.3 is 6.01 Å². The number of carbonyl (C=O) groups excluding carboxylic acids is 3. The normalized spacial score (nSPS) is 13.0. The van der Waals surface area contributed by atoms with E-state index in [4.69, 9.17) is 4.42 Å². The Bertz CT molecular complexity index is 1040. The number of fused-ring (bicyclic) bond motifs is 1. The first kappa shape index (κ1) is 17.6. The molecule has 1 aromatic heterocycles. The molecular weight excluding hydrogens is 360 g/mol. The molecule has 8 heteroatoms. The second-order valence-electron chi connectivity index (χ2n) is 6.45. The molecule has 28 heavy (non-hydrogen) atoms. The molecule has 0 spiro atoms. The van der Waals surface area contributed by atoms with Gasteiger partial charge in [-0.3, -0.25) is 24.6 Å². The fourth-order valence-electron chi connectivity index (χ4n) is 2.94. The smallest absolute Gasteiger partial charge is 0.322 e. The molecule has 0 saturated carbocycles. The van der Waals surface area contributed by atoms with Crippen LogP contribution < -0.4 is 5.32 Å². The zero-order valence-corrected chi connectivity index (χ0v) is 15.0. The minimum absolute atomic E-state index is 0.0799. The fourth-order valence-corrected chi connectivity index (χ4v) is 2.94. The third-order valence-electron chi connectivity index (χ3n) is 4.37. The molecule has 0 bridgehead atoms. The summed E-state index contributed by atoms with van der Waals surface area (Å²) in [5, 5.41) is 10.1. The van der Waals surface area contributed by atoms with E-state index < -0.39 is 24.3 Å². The van der Waals surface area contributed by atoms with Gasteiger partial charge < -0.3 is 4.42 Å². The van der Waals surface area contributed by atoms with Gasteiger partial charge in [0.05, 0.1) is 17.5 Å². The lowest BCUT2D eigenvalue weighted by molar-refractivity contribution is -0.116. The van der Waals surface area contributed by atoms with Crippen LogP contribution in [0.5, 0.6) is 0 Å². The molecule has 2 heterocycles. The van der Waals surface area contributed by atoms with E-state index in [-0.39, 0.29) is 6.01 Å². The number of rotatable bonds is 5. The van der Waals surface area contributed by atoms with Crippen LogP contribution in [0.1, 0.15) is 37.7 Å². The van der Waals surface area contributed by atoms with Gasteiger partial charge in [0.25, 0.3) is 11.8 Å². The summed E-state index contributed by atoms with van der Waals surface area (Å²) in [5.41, 5.74) is 2.73. The molecule has 8 nitrogen and oxygen atoms in total. The maximum Gasteiger partial charge on any atom is 0.322 e. The maximum atomic E-state index is 12.3. The van der Waals surface area contributed by atoms with Crippen LogP contribution in [0.15, 0.2) is 52.9 Å². The predicted octanol–water partition coefficient (Wildman–Crippen LogP) is 2.20. The highest BCUT2D eigenvalue weighted by Gasteiger charge is 2.36. The lowest BCUT2D eigenvalue weighted by Crippen LogP contribution is -2.37. The van der Waals surface area contributed by atoms with Crippen molar-refractivity contribution in [3.8, 4) is 0 Å². The summed E-state index contributed by atoms with van der Waals surface area (Å²) in [6.45, 7) is 1.57. The monoisotopic (exact) mass is 376 g/mol. The average molecular weight is 376 g/mol. The summed E-state index contributed by atoms with van der Waals surface area (Å²) in [5.74, 6) is -1.25. The summed E-state index contributed by atoms with van der Waals surface area (Å²) in [4.78, 5) is 37.7. The lowest BCUT2D eigenvalue weighted by Gasteiger charge is -2.12. The second kappa shape index (κ2) is 7.07. The van der Waals surface area contributed by atoms with Crippen molar-refractivity contribution in [1.29, 1.82) is 0 Å². The Morgan fingerprint density at radius 1 is 1.00 bits per heavy atom. The first-order chi connectivity index (χ1) is 13.5. The molecule has 140 valence electrons. The van der Waals surface area contributed by atoms with E-state index in [2.05, 4.69) is 15.5 Å². The van der Waals surface area contributed by atoms with Crippen LogP contribution in [0.2, 0.25) is 0 Å².